The number of anilines is 1. The van der Waals surface area contributed by atoms with E-state index in [1.165, 1.54) is 4.68 Å². The van der Waals surface area contributed by atoms with Crippen LogP contribution in [0.5, 0.6) is 11.5 Å². The van der Waals surface area contributed by atoms with Gasteiger partial charge in [0, 0.05) is 7.05 Å². The van der Waals surface area contributed by atoms with E-state index in [4.69, 9.17) is 21.1 Å². The van der Waals surface area contributed by atoms with Crippen molar-refractivity contribution in [3.05, 3.63) is 76.2 Å². The number of ether oxygens (including phenoxy) is 2. The Kier molecular flexibility index (Phi) is 4.73. The zero-order valence-electron chi connectivity index (χ0n) is 14.7. The van der Waals surface area contributed by atoms with E-state index in [9.17, 15) is 4.79 Å². The minimum absolute atomic E-state index is 0.119. The van der Waals surface area contributed by atoms with Crippen molar-refractivity contribution >= 4 is 17.3 Å². The predicted octanol–water partition coefficient (Wildman–Crippen LogP) is 3.16. The molecule has 1 aromatic heterocycles. The molecule has 4 rings (SSSR count). The van der Waals surface area contributed by atoms with E-state index in [2.05, 4.69) is 5.10 Å². The van der Waals surface area contributed by atoms with Crippen molar-refractivity contribution in [3.8, 4) is 17.2 Å². The molecule has 0 bridgehead atoms. The minimum atomic E-state index is -0.363. The number of hydrogen-bond acceptors (Lipinski definition) is 5. The molecule has 1 atom stereocenters. The van der Waals surface area contributed by atoms with Gasteiger partial charge in [-0.2, -0.15) is 9.78 Å². The Morgan fingerprint density at radius 3 is 2.63 bits per heavy atom. The zero-order chi connectivity index (χ0) is 18.8. The van der Waals surface area contributed by atoms with Gasteiger partial charge in [0.15, 0.2) is 17.6 Å². The van der Waals surface area contributed by atoms with E-state index >= 15 is 0 Å². The normalized spacial score (nSPS) is 15.4. The molecule has 0 spiro atoms. The van der Waals surface area contributed by atoms with E-state index < -0.39 is 0 Å². The molecule has 7 heteroatoms. The van der Waals surface area contributed by atoms with E-state index in [-0.39, 0.29) is 16.7 Å². The molecular formula is C20H18ClN3O3. The molecule has 27 heavy (non-hydrogen) atoms. The molecule has 6 nitrogen and oxygen atoms in total. The first-order valence-electron chi connectivity index (χ1n) is 8.56. The first-order valence-corrected chi connectivity index (χ1v) is 8.94. The SMILES string of the molecule is CN(CC1COc2ccccc2O1)c1cnn(-c2ccccc2)c(=O)c1Cl. The van der Waals surface area contributed by atoms with Crippen LogP contribution in [-0.2, 0) is 0 Å². The molecule has 0 amide bonds. The smallest absolute Gasteiger partial charge is 0.292 e. The average molecular weight is 384 g/mol. The van der Waals surface area contributed by atoms with Crippen molar-refractivity contribution < 1.29 is 9.47 Å². The fraction of sp³-hybridized carbons (Fsp3) is 0.200. The Bertz CT molecular complexity index is 1010. The maximum Gasteiger partial charge on any atom is 0.292 e. The molecule has 1 unspecified atom stereocenters. The molecule has 1 aliphatic rings. The molecule has 0 fully saturated rings. The van der Waals surface area contributed by atoms with Gasteiger partial charge in [0.05, 0.1) is 24.1 Å². The molecule has 1 aliphatic heterocycles. The first kappa shape index (κ1) is 17.4. The lowest BCUT2D eigenvalue weighted by atomic mass is 10.2. The van der Waals surface area contributed by atoms with Gasteiger partial charge in [0.25, 0.3) is 5.56 Å². The highest BCUT2D eigenvalue weighted by Gasteiger charge is 2.23. The van der Waals surface area contributed by atoms with Gasteiger partial charge in [0.1, 0.15) is 11.6 Å². The highest BCUT2D eigenvalue weighted by atomic mass is 35.5. The molecular weight excluding hydrogens is 366 g/mol. The topological polar surface area (TPSA) is 56.6 Å². The zero-order valence-corrected chi connectivity index (χ0v) is 15.5. The Labute approximate surface area is 161 Å². The number of hydrogen-bond donors (Lipinski definition) is 0. The van der Waals surface area contributed by atoms with Crippen molar-refractivity contribution in [2.45, 2.75) is 6.10 Å². The molecule has 0 radical (unpaired) electrons. The van der Waals surface area contributed by atoms with Gasteiger partial charge in [-0.25, -0.2) is 0 Å². The summed E-state index contributed by atoms with van der Waals surface area (Å²) in [4.78, 5) is 14.5. The van der Waals surface area contributed by atoms with E-state index in [1.807, 2.05) is 54.4 Å². The van der Waals surface area contributed by atoms with Gasteiger partial charge in [-0.3, -0.25) is 4.79 Å². The number of benzene rings is 2. The third-order valence-electron chi connectivity index (χ3n) is 4.36. The summed E-state index contributed by atoms with van der Waals surface area (Å²) in [6, 6.07) is 16.7. The summed E-state index contributed by atoms with van der Waals surface area (Å²) in [5, 5.41) is 4.38. The monoisotopic (exact) mass is 383 g/mol. The standard InChI is InChI=1S/C20H18ClN3O3/c1-23(12-15-13-26-17-9-5-6-10-18(17)27-15)16-11-22-24(20(25)19(16)21)14-7-3-2-4-8-14/h2-11,15H,12-13H2,1H3. The number of rotatable bonds is 4. The second-order valence-electron chi connectivity index (χ2n) is 6.27. The Hall–Kier alpha value is -2.99. The molecule has 2 aromatic carbocycles. The quantitative estimate of drug-likeness (QED) is 0.692. The minimum Gasteiger partial charge on any atom is -0.486 e. The van der Waals surface area contributed by atoms with Gasteiger partial charge in [-0.05, 0) is 24.3 Å². The molecule has 0 saturated carbocycles. The van der Waals surface area contributed by atoms with Crippen molar-refractivity contribution in [1.29, 1.82) is 0 Å². The summed E-state index contributed by atoms with van der Waals surface area (Å²) in [6.45, 7) is 0.929. The van der Waals surface area contributed by atoms with E-state index in [1.54, 1.807) is 18.3 Å². The van der Waals surface area contributed by atoms with E-state index in [0.29, 0.717) is 30.3 Å². The van der Waals surface area contributed by atoms with E-state index in [0.717, 1.165) is 5.75 Å². The van der Waals surface area contributed by atoms with Gasteiger partial charge >= 0.3 is 0 Å². The lowest BCUT2D eigenvalue weighted by Crippen LogP contribution is -2.40. The Morgan fingerprint density at radius 1 is 1.15 bits per heavy atom. The van der Waals surface area contributed by atoms with Crippen molar-refractivity contribution in [2.24, 2.45) is 0 Å². The van der Waals surface area contributed by atoms with Crippen LogP contribution in [0.2, 0.25) is 5.02 Å². The first-order chi connectivity index (χ1) is 13.1. The predicted molar refractivity (Wildman–Crippen MR) is 104 cm³/mol. The van der Waals surface area contributed by atoms with Gasteiger partial charge in [-0.1, -0.05) is 41.9 Å². The number of likely N-dealkylation sites (N-methyl/N-ethyl adjacent to an activating group) is 1. The van der Waals surface area contributed by atoms with Crippen molar-refractivity contribution in [3.63, 3.8) is 0 Å². The van der Waals surface area contributed by atoms with Crippen molar-refractivity contribution in [2.75, 3.05) is 25.1 Å². The van der Waals surface area contributed by atoms with Gasteiger partial charge in [0.2, 0.25) is 0 Å². The van der Waals surface area contributed by atoms with Crippen LogP contribution in [0.25, 0.3) is 5.69 Å². The third kappa shape index (κ3) is 3.48. The van der Waals surface area contributed by atoms with Crippen molar-refractivity contribution in [1.82, 2.24) is 9.78 Å². The highest BCUT2D eigenvalue weighted by Crippen LogP contribution is 2.31. The second kappa shape index (κ2) is 7.32. The second-order valence-corrected chi connectivity index (χ2v) is 6.65. The number of nitrogens with zero attached hydrogens (tertiary/aromatic N) is 3. The van der Waals surface area contributed by atoms with Crippen LogP contribution >= 0.6 is 11.6 Å². The summed E-state index contributed by atoms with van der Waals surface area (Å²) in [6.07, 6.45) is 1.41. The Balaban J connectivity index is 1.54. The van der Waals surface area contributed by atoms with Crippen LogP contribution in [0, 0.1) is 0 Å². The fourth-order valence-electron chi connectivity index (χ4n) is 3.00. The summed E-state index contributed by atoms with van der Waals surface area (Å²) >= 11 is 6.35. The van der Waals surface area contributed by atoms with Crippen LogP contribution in [0.3, 0.4) is 0 Å². The Morgan fingerprint density at radius 2 is 1.85 bits per heavy atom. The maximum atomic E-state index is 12.6. The van der Waals surface area contributed by atoms with Crippen LogP contribution in [0.4, 0.5) is 5.69 Å². The van der Waals surface area contributed by atoms with Gasteiger partial charge in [-0.15, -0.1) is 0 Å². The molecule has 2 heterocycles. The summed E-state index contributed by atoms with van der Waals surface area (Å²) in [5.41, 5.74) is 0.855. The lowest BCUT2D eigenvalue weighted by molar-refractivity contribution is 0.0960. The largest absolute Gasteiger partial charge is 0.486 e. The molecule has 0 aliphatic carbocycles. The summed E-state index contributed by atoms with van der Waals surface area (Å²) < 4.78 is 13.0. The number of halogens is 1. The maximum absolute atomic E-state index is 12.6. The molecule has 0 N–H and O–H groups in total. The van der Waals surface area contributed by atoms with Gasteiger partial charge < -0.3 is 14.4 Å². The number of para-hydroxylation sites is 3. The number of aromatic nitrogens is 2. The van der Waals surface area contributed by atoms with Crippen LogP contribution < -0.4 is 19.9 Å². The number of fused-ring (bicyclic) bond motifs is 1. The highest BCUT2D eigenvalue weighted by molar-refractivity contribution is 6.33. The van der Waals surface area contributed by atoms with Crippen LogP contribution in [-0.4, -0.2) is 36.1 Å². The summed E-state index contributed by atoms with van der Waals surface area (Å²) in [5.74, 6) is 1.45. The van der Waals surface area contributed by atoms with Crippen LogP contribution in [0.1, 0.15) is 0 Å². The average Bonchev–Trinajstić information content (AvgIpc) is 2.70. The fourth-order valence-corrected chi connectivity index (χ4v) is 3.27. The summed E-state index contributed by atoms with van der Waals surface area (Å²) in [7, 11) is 1.85. The third-order valence-corrected chi connectivity index (χ3v) is 4.71. The molecule has 0 saturated heterocycles. The lowest BCUT2D eigenvalue weighted by Gasteiger charge is -2.30. The molecule has 138 valence electrons. The van der Waals surface area contributed by atoms with Crippen LogP contribution in [0.15, 0.2) is 65.6 Å². The molecule has 3 aromatic rings.